The number of aliphatic hydroxyl groups is 1. The quantitative estimate of drug-likeness (QED) is 0.242. The Morgan fingerprint density at radius 2 is 0.971 bits per heavy atom. The van der Waals surface area contributed by atoms with E-state index in [2.05, 4.69) is 5.32 Å². The van der Waals surface area contributed by atoms with Crippen LogP contribution in [0.5, 0.6) is 0 Å². The van der Waals surface area contributed by atoms with Crippen LogP contribution >= 0.6 is 0 Å². The molecule has 0 aromatic heterocycles. The summed E-state index contributed by atoms with van der Waals surface area (Å²) in [6.07, 6.45) is 0. The number of amides is 4. The van der Waals surface area contributed by atoms with Crippen molar-refractivity contribution in [1.29, 1.82) is 0 Å². The molecule has 166 valence electrons. The summed E-state index contributed by atoms with van der Waals surface area (Å²) >= 11 is 0. The largest absolute Gasteiger partial charge is 0.395 e. The molecule has 0 spiro atoms. The number of hydrogen-bond donors (Lipinski definition) is 2. The van der Waals surface area contributed by atoms with Gasteiger partial charge in [0.15, 0.2) is 0 Å². The van der Waals surface area contributed by atoms with Crippen molar-refractivity contribution >= 4 is 66.7 Å². The Bertz CT molecular complexity index is 1670. The predicted octanol–water partition coefficient (Wildman–Crippen LogP) is 3.85. The number of hydrogen-bond acceptors (Lipinski definition) is 5. The molecule has 0 saturated carbocycles. The SMILES string of the molecule is C.O=C1NC(=O)c2ccc3c4ccc5c6c(ccc(c7ccc1c2c73)c64)C(=O)N(CCO)C5=O. The first-order valence-electron chi connectivity index (χ1n) is 10.5. The van der Waals surface area contributed by atoms with Gasteiger partial charge >= 0.3 is 0 Å². The average Bonchev–Trinajstić information content (AvgIpc) is 2.82. The minimum Gasteiger partial charge on any atom is -0.395 e. The van der Waals surface area contributed by atoms with Gasteiger partial charge in [-0.2, -0.15) is 0 Å². The molecular weight excluding hydrogens is 432 g/mol. The topological polar surface area (TPSA) is 104 Å². The molecule has 5 aromatic carbocycles. The first-order valence-corrected chi connectivity index (χ1v) is 10.5. The maximum atomic E-state index is 13.1. The Balaban J connectivity index is 0.00000217. The average molecular weight is 450 g/mol. The molecular formula is C27H18N2O5. The lowest BCUT2D eigenvalue weighted by Gasteiger charge is -2.28. The van der Waals surface area contributed by atoms with Crippen molar-refractivity contribution in [1.82, 2.24) is 10.2 Å². The summed E-state index contributed by atoms with van der Waals surface area (Å²) in [5.41, 5.74) is 1.73. The van der Waals surface area contributed by atoms with Crippen molar-refractivity contribution in [3.8, 4) is 0 Å². The molecule has 7 rings (SSSR count). The molecule has 0 atom stereocenters. The molecule has 7 nitrogen and oxygen atoms in total. The third-order valence-corrected chi connectivity index (χ3v) is 6.89. The van der Waals surface area contributed by atoms with Crippen LogP contribution in [0.4, 0.5) is 0 Å². The number of nitrogens with one attached hydrogen (secondary N) is 1. The van der Waals surface area contributed by atoms with Crippen LogP contribution in [-0.2, 0) is 0 Å². The number of carbonyl (C=O) groups excluding carboxylic acids is 4. The summed E-state index contributed by atoms with van der Waals surface area (Å²) in [6.45, 7) is -0.371. The van der Waals surface area contributed by atoms with Gasteiger partial charge in [-0.1, -0.05) is 31.7 Å². The molecule has 2 aliphatic rings. The first-order chi connectivity index (χ1) is 16.0. The number of β-amino-alcohol motifs (C(OH)–C–C–N with tert-alkyl or cyclic N) is 1. The van der Waals surface area contributed by atoms with Gasteiger partial charge in [0.2, 0.25) is 0 Å². The highest BCUT2D eigenvalue weighted by molar-refractivity contribution is 6.41. The second kappa shape index (κ2) is 6.59. The van der Waals surface area contributed by atoms with Crippen LogP contribution in [0.25, 0.3) is 43.1 Å². The second-order valence-corrected chi connectivity index (χ2v) is 8.41. The highest BCUT2D eigenvalue weighted by atomic mass is 16.3. The minimum atomic E-state index is -0.427. The molecule has 4 amide bonds. The van der Waals surface area contributed by atoms with Crippen molar-refractivity contribution in [2.75, 3.05) is 13.2 Å². The smallest absolute Gasteiger partial charge is 0.261 e. The van der Waals surface area contributed by atoms with Crippen molar-refractivity contribution < 1.29 is 24.3 Å². The van der Waals surface area contributed by atoms with Crippen LogP contribution in [0.3, 0.4) is 0 Å². The zero-order valence-corrected chi connectivity index (χ0v) is 17.1. The Hall–Kier alpha value is -4.36. The number of rotatable bonds is 2. The van der Waals surface area contributed by atoms with Crippen molar-refractivity contribution in [3.63, 3.8) is 0 Å². The van der Waals surface area contributed by atoms with Gasteiger partial charge in [-0.15, -0.1) is 0 Å². The number of aliphatic hydroxyl groups excluding tert-OH is 1. The van der Waals surface area contributed by atoms with E-state index >= 15 is 0 Å². The number of imide groups is 2. The van der Waals surface area contributed by atoms with Gasteiger partial charge in [0.1, 0.15) is 0 Å². The van der Waals surface area contributed by atoms with Gasteiger partial charge in [-0.3, -0.25) is 29.4 Å². The molecule has 0 aliphatic carbocycles. The highest BCUT2D eigenvalue weighted by Gasteiger charge is 2.34. The zero-order valence-electron chi connectivity index (χ0n) is 17.1. The molecule has 0 unspecified atom stereocenters. The third kappa shape index (κ3) is 2.19. The lowest BCUT2D eigenvalue weighted by Crippen LogP contribution is -2.41. The van der Waals surface area contributed by atoms with Gasteiger partial charge in [0.05, 0.1) is 13.2 Å². The van der Waals surface area contributed by atoms with Crippen molar-refractivity contribution in [2.24, 2.45) is 0 Å². The highest BCUT2D eigenvalue weighted by Crippen LogP contribution is 2.45. The molecule has 5 aromatic rings. The Morgan fingerprint density at radius 1 is 0.588 bits per heavy atom. The summed E-state index contributed by atoms with van der Waals surface area (Å²) in [6, 6.07) is 14.3. The molecule has 0 fully saturated rings. The summed E-state index contributed by atoms with van der Waals surface area (Å²) in [5, 5.41) is 18.0. The van der Waals surface area contributed by atoms with E-state index in [-0.39, 0.29) is 20.6 Å². The molecule has 34 heavy (non-hydrogen) atoms. The molecule has 7 heteroatoms. The molecule has 2 N–H and O–H groups in total. The van der Waals surface area contributed by atoms with E-state index < -0.39 is 23.6 Å². The summed E-state index contributed by atoms with van der Waals surface area (Å²) in [5.74, 6) is -1.70. The van der Waals surface area contributed by atoms with Gasteiger partial charge in [0, 0.05) is 33.0 Å². The molecule has 2 heterocycles. The van der Waals surface area contributed by atoms with Crippen LogP contribution in [-0.4, -0.2) is 46.8 Å². The van der Waals surface area contributed by atoms with Crippen LogP contribution in [0.1, 0.15) is 48.9 Å². The fourth-order valence-electron chi connectivity index (χ4n) is 5.55. The fraction of sp³-hybridized carbons (Fsp3) is 0.111. The second-order valence-electron chi connectivity index (χ2n) is 8.41. The molecule has 0 saturated heterocycles. The van der Waals surface area contributed by atoms with E-state index in [9.17, 15) is 24.3 Å². The monoisotopic (exact) mass is 450 g/mol. The Labute approximate surface area is 192 Å². The Kier molecular flexibility index (Phi) is 3.92. The van der Waals surface area contributed by atoms with Gasteiger partial charge in [-0.25, -0.2) is 0 Å². The van der Waals surface area contributed by atoms with E-state index in [0.29, 0.717) is 33.0 Å². The van der Waals surface area contributed by atoms with E-state index in [0.717, 1.165) is 37.2 Å². The lowest BCUT2D eigenvalue weighted by molar-refractivity contribution is 0.0579. The van der Waals surface area contributed by atoms with Crippen molar-refractivity contribution in [3.05, 3.63) is 70.8 Å². The predicted molar refractivity (Wildman–Crippen MR) is 129 cm³/mol. The fourth-order valence-corrected chi connectivity index (χ4v) is 5.55. The molecule has 2 aliphatic heterocycles. The van der Waals surface area contributed by atoms with E-state index in [4.69, 9.17) is 0 Å². The maximum absolute atomic E-state index is 13.1. The van der Waals surface area contributed by atoms with Crippen LogP contribution in [0, 0.1) is 0 Å². The number of benzene rings is 5. The molecule has 0 radical (unpaired) electrons. The summed E-state index contributed by atoms with van der Waals surface area (Å²) in [4.78, 5) is 52.3. The van der Waals surface area contributed by atoms with Gasteiger partial charge in [-0.05, 0) is 56.6 Å². The van der Waals surface area contributed by atoms with Crippen molar-refractivity contribution in [2.45, 2.75) is 7.43 Å². The minimum absolute atomic E-state index is 0. The van der Waals surface area contributed by atoms with Gasteiger partial charge in [0.25, 0.3) is 23.6 Å². The summed E-state index contributed by atoms with van der Waals surface area (Å²) < 4.78 is 0. The zero-order chi connectivity index (χ0) is 22.6. The summed E-state index contributed by atoms with van der Waals surface area (Å²) in [7, 11) is 0. The van der Waals surface area contributed by atoms with Crippen LogP contribution in [0.15, 0.2) is 48.5 Å². The standard InChI is InChI=1S/C26H14N2O5.CH4/c29-10-9-28-25(32)17-7-3-13-11-1-5-15-21-16(24(31)27-23(15)30)6-2-12(19(11)21)14-4-8-18(26(28)33)22(17)20(13)14;/h1-8,29H,9-10H2,(H,27,30,31);1H4. The molecule has 0 bridgehead atoms. The number of fused-ring (bicyclic) bond motifs is 2. The number of carbonyl (C=O) groups is 4. The lowest BCUT2D eigenvalue weighted by atomic mass is 9.82. The van der Waals surface area contributed by atoms with Gasteiger partial charge < -0.3 is 5.11 Å². The maximum Gasteiger partial charge on any atom is 0.261 e. The van der Waals surface area contributed by atoms with Crippen LogP contribution in [0.2, 0.25) is 0 Å². The normalized spacial score (nSPS) is 15.0. The van der Waals surface area contributed by atoms with E-state index in [1.54, 1.807) is 24.3 Å². The Morgan fingerprint density at radius 3 is 1.38 bits per heavy atom. The number of nitrogens with zero attached hydrogens (tertiary/aromatic N) is 1. The third-order valence-electron chi connectivity index (χ3n) is 6.89. The van der Waals surface area contributed by atoms with E-state index in [1.165, 1.54) is 0 Å². The van der Waals surface area contributed by atoms with Crippen LogP contribution < -0.4 is 5.32 Å². The first kappa shape index (κ1) is 20.3. The van der Waals surface area contributed by atoms with E-state index in [1.807, 2.05) is 24.3 Å².